The Labute approximate surface area is 73.5 Å². The number of hydrogen-bond donors (Lipinski definition) is 0. The van der Waals surface area contributed by atoms with E-state index in [9.17, 15) is 0 Å². The maximum absolute atomic E-state index is 2.39. The predicted octanol–water partition coefficient (Wildman–Crippen LogP) is 2.98. The van der Waals surface area contributed by atoms with E-state index in [1.807, 2.05) is 0 Å². The van der Waals surface area contributed by atoms with Crippen molar-refractivity contribution in [3.63, 3.8) is 0 Å². The molecule has 0 atom stereocenters. The first-order valence-corrected chi connectivity index (χ1v) is 8.51. The van der Waals surface area contributed by atoms with Gasteiger partial charge in [0.25, 0.3) is 0 Å². The van der Waals surface area contributed by atoms with Gasteiger partial charge in [-0.05, 0) is 0 Å². The summed E-state index contributed by atoms with van der Waals surface area (Å²) in [6, 6.07) is 10.8. The van der Waals surface area contributed by atoms with Crippen molar-refractivity contribution in [1.82, 2.24) is 0 Å². The summed E-state index contributed by atoms with van der Waals surface area (Å²) in [5.41, 5.74) is 1.49. The maximum atomic E-state index is 2.39. The molecule has 60 valence electrons. The molecule has 0 unspecified atom stereocenters. The third-order valence-electron chi connectivity index (χ3n) is 1.64. The summed E-state index contributed by atoms with van der Waals surface area (Å²) < 4.78 is 0. The molecule has 0 amide bonds. The third kappa shape index (κ3) is 3.59. The van der Waals surface area contributed by atoms with E-state index in [0.29, 0.717) is 0 Å². The van der Waals surface area contributed by atoms with E-state index in [1.54, 1.807) is 0 Å². The van der Waals surface area contributed by atoms with E-state index in [1.165, 1.54) is 17.3 Å². The second kappa shape index (κ2) is 4.58. The van der Waals surface area contributed by atoms with Crippen LogP contribution in [0.1, 0.15) is 5.56 Å². The Kier molecular flexibility index (Phi) is 3.68. The Bertz CT molecular complexity index is 191. The molecule has 0 saturated heterocycles. The van der Waals surface area contributed by atoms with Crippen molar-refractivity contribution in [2.24, 2.45) is 0 Å². The number of aryl methyl sites for hydroxylation is 1. The van der Waals surface area contributed by atoms with E-state index in [0.717, 1.165) is 0 Å². The van der Waals surface area contributed by atoms with Crippen LogP contribution in [-0.2, 0) is 6.42 Å². The summed E-state index contributed by atoms with van der Waals surface area (Å²) in [7, 11) is 0. The zero-order chi connectivity index (χ0) is 8.10. The van der Waals surface area contributed by atoms with Crippen LogP contribution in [0.4, 0.5) is 0 Å². The summed E-state index contributed by atoms with van der Waals surface area (Å²) in [6.07, 6.45) is 1.28. The second-order valence-corrected chi connectivity index (χ2v) is 7.92. The van der Waals surface area contributed by atoms with Crippen molar-refractivity contribution in [3.8, 4) is 0 Å². The quantitative estimate of drug-likeness (QED) is 0.678. The molecule has 0 heterocycles. The SMILES string of the molecule is C[Se+](C)CCc1ccccc1. The number of rotatable bonds is 3. The molecular weight excluding hydrogens is 199 g/mol. The summed E-state index contributed by atoms with van der Waals surface area (Å²) >= 11 is -0.225. The van der Waals surface area contributed by atoms with Gasteiger partial charge >= 0.3 is 73.2 Å². The predicted molar refractivity (Wildman–Crippen MR) is 52.4 cm³/mol. The average molecular weight is 214 g/mol. The van der Waals surface area contributed by atoms with Crippen LogP contribution in [0.5, 0.6) is 0 Å². The molecule has 0 aliphatic rings. The van der Waals surface area contributed by atoms with Crippen LogP contribution < -0.4 is 0 Å². The van der Waals surface area contributed by atoms with Gasteiger partial charge in [0.15, 0.2) is 0 Å². The van der Waals surface area contributed by atoms with Gasteiger partial charge in [-0.25, -0.2) is 0 Å². The fraction of sp³-hybridized carbons (Fsp3) is 0.400. The first kappa shape index (κ1) is 8.83. The molecule has 0 aliphatic heterocycles. The Morgan fingerprint density at radius 1 is 1.09 bits per heavy atom. The van der Waals surface area contributed by atoms with Gasteiger partial charge in [-0.15, -0.1) is 0 Å². The van der Waals surface area contributed by atoms with Crippen LogP contribution >= 0.6 is 0 Å². The first-order valence-electron chi connectivity index (χ1n) is 3.87. The molecular formula is C10H15Se+. The van der Waals surface area contributed by atoms with Gasteiger partial charge in [0.2, 0.25) is 0 Å². The summed E-state index contributed by atoms with van der Waals surface area (Å²) in [4.78, 5) is 0. The topological polar surface area (TPSA) is 0 Å². The average Bonchev–Trinajstić information content (AvgIpc) is 2.03. The van der Waals surface area contributed by atoms with Crippen molar-refractivity contribution in [1.29, 1.82) is 0 Å². The second-order valence-electron chi connectivity index (χ2n) is 2.93. The van der Waals surface area contributed by atoms with E-state index in [2.05, 4.69) is 42.0 Å². The van der Waals surface area contributed by atoms with Gasteiger partial charge in [-0.2, -0.15) is 0 Å². The molecule has 1 aromatic rings. The fourth-order valence-electron chi connectivity index (χ4n) is 0.967. The van der Waals surface area contributed by atoms with E-state index >= 15 is 0 Å². The molecule has 11 heavy (non-hydrogen) atoms. The number of hydrogen-bond acceptors (Lipinski definition) is 0. The van der Waals surface area contributed by atoms with Crippen molar-refractivity contribution < 1.29 is 0 Å². The monoisotopic (exact) mass is 215 g/mol. The molecule has 1 aromatic carbocycles. The Morgan fingerprint density at radius 3 is 2.27 bits per heavy atom. The minimum absolute atomic E-state index is 0.225. The molecule has 1 rings (SSSR count). The Morgan fingerprint density at radius 2 is 1.73 bits per heavy atom. The van der Waals surface area contributed by atoms with E-state index in [4.69, 9.17) is 0 Å². The van der Waals surface area contributed by atoms with Crippen molar-refractivity contribution >= 4 is 13.9 Å². The molecule has 0 aliphatic carbocycles. The minimum atomic E-state index is -0.225. The fourth-order valence-corrected chi connectivity index (χ4v) is 2.32. The molecule has 0 nitrogen and oxygen atoms in total. The third-order valence-corrected chi connectivity index (χ3v) is 3.78. The zero-order valence-electron chi connectivity index (χ0n) is 7.21. The first-order chi connectivity index (χ1) is 5.29. The van der Waals surface area contributed by atoms with Gasteiger partial charge < -0.3 is 0 Å². The van der Waals surface area contributed by atoms with Crippen molar-refractivity contribution in [3.05, 3.63) is 35.9 Å². The van der Waals surface area contributed by atoms with Crippen molar-refractivity contribution in [2.45, 2.75) is 23.4 Å². The zero-order valence-corrected chi connectivity index (χ0v) is 8.92. The molecule has 0 spiro atoms. The van der Waals surface area contributed by atoms with Crippen LogP contribution in [0.2, 0.25) is 17.0 Å². The van der Waals surface area contributed by atoms with Gasteiger partial charge in [0.1, 0.15) is 0 Å². The molecule has 0 fully saturated rings. The molecule has 1 heteroatoms. The summed E-state index contributed by atoms with van der Waals surface area (Å²) in [6.45, 7) is 0. The molecule has 0 N–H and O–H groups in total. The standard InChI is InChI=1S/C10H15Se/c1-11(2)9-8-10-6-4-3-5-7-10/h3-7H,8-9H2,1-2H3/q+1. The molecule has 0 bridgehead atoms. The molecule has 0 saturated carbocycles. The Hall–Kier alpha value is -0.261. The van der Waals surface area contributed by atoms with E-state index in [-0.39, 0.29) is 13.9 Å². The Balaban J connectivity index is 2.39. The van der Waals surface area contributed by atoms with Crippen LogP contribution in [-0.4, -0.2) is 13.9 Å². The summed E-state index contributed by atoms with van der Waals surface area (Å²) in [5, 5.41) is 1.42. The van der Waals surface area contributed by atoms with Gasteiger partial charge in [-0.1, -0.05) is 0 Å². The van der Waals surface area contributed by atoms with Crippen LogP contribution in [0, 0.1) is 0 Å². The van der Waals surface area contributed by atoms with Crippen LogP contribution in [0.3, 0.4) is 0 Å². The van der Waals surface area contributed by atoms with Gasteiger partial charge in [0, 0.05) is 0 Å². The van der Waals surface area contributed by atoms with Gasteiger partial charge in [-0.3, -0.25) is 0 Å². The summed E-state index contributed by atoms with van der Waals surface area (Å²) in [5.74, 6) is 4.78. The molecule has 0 aromatic heterocycles. The van der Waals surface area contributed by atoms with Crippen LogP contribution in [0.25, 0.3) is 0 Å². The van der Waals surface area contributed by atoms with Crippen LogP contribution in [0.15, 0.2) is 30.3 Å². The molecule has 0 radical (unpaired) electrons. The van der Waals surface area contributed by atoms with Crippen molar-refractivity contribution in [2.75, 3.05) is 0 Å². The normalized spacial score (nSPS) is 10.5. The van der Waals surface area contributed by atoms with E-state index < -0.39 is 0 Å². The number of benzene rings is 1. The van der Waals surface area contributed by atoms with Gasteiger partial charge in [0.05, 0.1) is 0 Å².